The lowest BCUT2D eigenvalue weighted by atomic mass is 9.92. The number of hydrogen-bond donors (Lipinski definition) is 0. The maximum atomic E-state index is 2.99. The summed E-state index contributed by atoms with van der Waals surface area (Å²) in [5.74, 6) is 0. The molecule has 1 spiro atoms. The number of rotatable bonds is 3. The Morgan fingerprint density at radius 1 is 0.864 bits per heavy atom. The maximum absolute atomic E-state index is 2.99. The van der Waals surface area contributed by atoms with Crippen molar-refractivity contribution in [1.29, 1.82) is 0 Å². The van der Waals surface area contributed by atoms with Crippen LogP contribution in [0.3, 0.4) is 0 Å². The van der Waals surface area contributed by atoms with E-state index in [4.69, 9.17) is 0 Å². The second kappa shape index (κ2) is 7.83. The molecule has 2 rings (SSSR count). The fourth-order valence-corrected chi connectivity index (χ4v) is 8.59. The zero-order valence-electron chi connectivity index (χ0n) is 16.1. The third-order valence-electron chi connectivity index (χ3n) is 6.34. The highest BCUT2D eigenvalue weighted by atomic mass is 28.3. The minimum absolute atomic E-state index is 0.610. The maximum Gasteiger partial charge on any atom is 0.0662 e. The van der Waals surface area contributed by atoms with E-state index in [9.17, 15) is 0 Å². The van der Waals surface area contributed by atoms with E-state index in [1.165, 1.54) is 77.0 Å². The van der Waals surface area contributed by atoms with E-state index >= 15 is 0 Å². The summed E-state index contributed by atoms with van der Waals surface area (Å²) in [6.07, 6.45) is 17.7. The average molecular weight is 324 g/mol. The van der Waals surface area contributed by atoms with Crippen molar-refractivity contribution in [2.24, 2.45) is 0 Å². The molecule has 22 heavy (non-hydrogen) atoms. The second-order valence-electron chi connectivity index (χ2n) is 9.22. The fourth-order valence-electron chi connectivity index (χ4n) is 5.27. The fraction of sp³-hybridized carbons (Fsp3) is 1.00. The zero-order valence-corrected chi connectivity index (χ0v) is 17.1. The Labute approximate surface area is 141 Å². The van der Waals surface area contributed by atoms with Gasteiger partial charge in [-0.2, -0.15) is 0 Å². The summed E-state index contributed by atoms with van der Waals surface area (Å²) in [7, 11) is -1.09. The minimum Gasteiger partial charge on any atom is -0.292 e. The average Bonchev–Trinajstić information content (AvgIpc) is 3.11. The van der Waals surface area contributed by atoms with Gasteiger partial charge in [0.25, 0.3) is 0 Å². The van der Waals surface area contributed by atoms with Crippen molar-refractivity contribution >= 4 is 8.07 Å². The summed E-state index contributed by atoms with van der Waals surface area (Å²) in [5, 5.41) is 0. The van der Waals surface area contributed by atoms with Gasteiger partial charge in [0.15, 0.2) is 0 Å². The van der Waals surface area contributed by atoms with Crippen LogP contribution in [0.2, 0.25) is 19.6 Å². The Hall–Kier alpha value is 0.177. The van der Waals surface area contributed by atoms with Gasteiger partial charge < -0.3 is 0 Å². The van der Waals surface area contributed by atoms with Crippen molar-refractivity contribution in [3.05, 3.63) is 0 Å². The topological polar surface area (TPSA) is 3.01 Å². The van der Waals surface area contributed by atoms with E-state index < -0.39 is 8.07 Å². The lowest BCUT2D eigenvalue weighted by Crippen LogP contribution is -2.35. The van der Waals surface area contributed by atoms with Crippen molar-refractivity contribution in [2.45, 2.75) is 128 Å². The summed E-state index contributed by atoms with van der Waals surface area (Å²) in [4.78, 5) is 2.99. The van der Waals surface area contributed by atoms with Crippen LogP contribution in [-0.4, -0.2) is 30.2 Å². The molecule has 1 heterocycles. The quantitative estimate of drug-likeness (QED) is 0.429. The molecule has 2 heteroatoms. The van der Waals surface area contributed by atoms with E-state index in [0.29, 0.717) is 5.54 Å². The molecule has 130 valence electrons. The first-order chi connectivity index (χ1) is 10.4. The largest absolute Gasteiger partial charge is 0.292 e. The van der Waals surface area contributed by atoms with Gasteiger partial charge in [-0.15, -0.1) is 0 Å². The Morgan fingerprint density at radius 2 is 1.27 bits per heavy atom. The first-order valence-corrected chi connectivity index (χ1v) is 13.8. The molecule has 3 atom stereocenters. The standard InChI is InChI=1S/C20H41NSi/c1-6-18(2)21-19(22(3,4)5)20(21)16-14-12-10-8-7-9-11-13-15-17-20/h18-19H,6-17H2,1-5H3. The van der Waals surface area contributed by atoms with E-state index in [2.05, 4.69) is 38.4 Å². The summed E-state index contributed by atoms with van der Waals surface area (Å²) < 4.78 is 0. The van der Waals surface area contributed by atoms with E-state index in [0.717, 1.165) is 11.7 Å². The Balaban J connectivity index is 2.10. The molecule has 0 N–H and O–H groups in total. The molecule has 3 unspecified atom stereocenters. The minimum atomic E-state index is -1.09. The highest BCUT2D eigenvalue weighted by molar-refractivity contribution is 6.78. The van der Waals surface area contributed by atoms with Crippen LogP contribution in [0, 0.1) is 0 Å². The van der Waals surface area contributed by atoms with Crippen LogP contribution in [0.25, 0.3) is 0 Å². The molecule has 0 aromatic rings. The summed E-state index contributed by atoms with van der Waals surface area (Å²) >= 11 is 0. The van der Waals surface area contributed by atoms with Gasteiger partial charge in [-0.3, -0.25) is 4.90 Å². The highest BCUT2D eigenvalue weighted by Gasteiger charge is 2.66. The van der Waals surface area contributed by atoms with Crippen LogP contribution < -0.4 is 0 Å². The molecule has 1 aliphatic heterocycles. The lowest BCUT2D eigenvalue weighted by molar-refractivity contribution is 0.283. The Bertz CT molecular complexity index is 321. The molecule has 2 fully saturated rings. The third kappa shape index (κ3) is 4.17. The van der Waals surface area contributed by atoms with Crippen LogP contribution in [0.5, 0.6) is 0 Å². The third-order valence-corrected chi connectivity index (χ3v) is 8.80. The highest BCUT2D eigenvalue weighted by Crippen LogP contribution is 2.54. The van der Waals surface area contributed by atoms with Gasteiger partial charge in [-0.05, 0) is 26.2 Å². The first kappa shape index (κ1) is 18.5. The monoisotopic (exact) mass is 323 g/mol. The molecular formula is C20H41NSi. The van der Waals surface area contributed by atoms with Crippen molar-refractivity contribution in [3.8, 4) is 0 Å². The van der Waals surface area contributed by atoms with Gasteiger partial charge in [0.1, 0.15) is 0 Å². The molecule has 0 aromatic carbocycles. The summed E-state index contributed by atoms with van der Waals surface area (Å²) in [6.45, 7) is 12.7. The number of nitrogens with zero attached hydrogens (tertiary/aromatic N) is 1. The van der Waals surface area contributed by atoms with Gasteiger partial charge in [-0.25, -0.2) is 0 Å². The van der Waals surface area contributed by atoms with Gasteiger partial charge >= 0.3 is 0 Å². The molecule has 1 saturated heterocycles. The van der Waals surface area contributed by atoms with Crippen molar-refractivity contribution in [2.75, 3.05) is 0 Å². The van der Waals surface area contributed by atoms with Gasteiger partial charge in [-0.1, -0.05) is 84.4 Å². The Morgan fingerprint density at radius 3 is 1.64 bits per heavy atom. The molecule has 2 aliphatic rings. The lowest BCUT2D eigenvalue weighted by Gasteiger charge is -2.23. The summed E-state index contributed by atoms with van der Waals surface area (Å²) in [5.41, 5.74) is 1.57. The van der Waals surface area contributed by atoms with Crippen molar-refractivity contribution in [1.82, 2.24) is 4.90 Å². The van der Waals surface area contributed by atoms with Crippen molar-refractivity contribution < 1.29 is 0 Å². The molecule has 1 aliphatic carbocycles. The van der Waals surface area contributed by atoms with Crippen LogP contribution >= 0.6 is 0 Å². The smallest absolute Gasteiger partial charge is 0.0662 e. The predicted octanol–water partition coefficient (Wildman–Crippen LogP) is 6.39. The van der Waals surface area contributed by atoms with Crippen LogP contribution in [0.1, 0.15) is 90.9 Å². The molecule has 0 radical (unpaired) electrons. The van der Waals surface area contributed by atoms with Crippen LogP contribution in [-0.2, 0) is 0 Å². The van der Waals surface area contributed by atoms with Gasteiger partial charge in [0.05, 0.1) is 8.07 Å². The van der Waals surface area contributed by atoms with E-state index in [1.807, 2.05) is 0 Å². The predicted molar refractivity (Wildman–Crippen MR) is 102 cm³/mol. The number of hydrogen-bond acceptors (Lipinski definition) is 1. The van der Waals surface area contributed by atoms with E-state index in [1.54, 1.807) is 0 Å². The van der Waals surface area contributed by atoms with Crippen molar-refractivity contribution in [3.63, 3.8) is 0 Å². The van der Waals surface area contributed by atoms with Gasteiger partial charge in [0, 0.05) is 17.2 Å². The second-order valence-corrected chi connectivity index (χ2v) is 14.5. The summed E-state index contributed by atoms with van der Waals surface area (Å²) in [6, 6.07) is 0.796. The van der Waals surface area contributed by atoms with Gasteiger partial charge in [0.2, 0.25) is 0 Å². The Kier molecular flexibility index (Phi) is 6.59. The van der Waals surface area contributed by atoms with E-state index in [-0.39, 0.29) is 0 Å². The van der Waals surface area contributed by atoms with Crippen LogP contribution in [0.15, 0.2) is 0 Å². The molecule has 0 aromatic heterocycles. The molecule has 1 saturated carbocycles. The zero-order chi connectivity index (χ0) is 16.2. The first-order valence-electron chi connectivity index (χ1n) is 10.2. The molecular weight excluding hydrogens is 282 g/mol. The molecule has 0 amide bonds. The molecule has 1 nitrogen and oxygen atoms in total. The van der Waals surface area contributed by atoms with Crippen LogP contribution in [0.4, 0.5) is 0 Å². The molecule has 0 bridgehead atoms. The SMILES string of the molecule is CCC(C)N1C([Si](C)(C)C)C12CCCCCCCCCCC2. The normalized spacial score (nSPS) is 32.0.